The second-order valence-electron chi connectivity index (χ2n) is 7.25. The molecule has 28 heavy (non-hydrogen) atoms. The van der Waals surface area contributed by atoms with E-state index in [-0.39, 0.29) is 18.8 Å². The molecule has 2 atom stereocenters. The largest absolute Gasteiger partial charge is 0.439 e. The Bertz CT molecular complexity index is 923. The van der Waals surface area contributed by atoms with E-state index in [1.165, 1.54) is 9.87 Å². The van der Waals surface area contributed by atoms with Crippen LogP contribution >= 0.6 is 0 Å². The molecule has 0 spiro atoms. The zero-order valence-electron chi connectivity index (χ0n) is 16.7. The van der Waals surface area contributed by atoms with Crippen molar-refractivity contribution < 1.29 is 17.9 Å². The van der Waals surface area contributed by atoms with Crippen molar-refractivity contribution in [3.05, 3.63) is 53.2 Å². The quantitative estimate of drug-likeness (QED) is 0.799. The average molecular weight is 406 g/mol. The van der Waals surface area contributed by atoms with E-state index in [1.807, 2.05) is 45.9 Å². The molecule has 1 aromatic heterocycles. The first-order valence-corrected chi connectivity index (χ1v) is 10.8. The number of benzene rings is 1. The topological polar surface area (TPSA) is 80.8 Å². The number of pyridine rings is 1. The molecule has 8 heteroatoms. The van der Waals surface area contributed by atoms with Crippen LogP contribution in [0.2, 0.25) is 0 Å². The second kappa shape index (κ2) is 8.57. The lowest BCUT2D eigenvalue weighted by Crippen LogP contribution is -2.51. The average Bonchev–Trinajstić information content (AvgIpc) is 2.63. The van der Waals surface area contributed by atoms with Crippen molar-refractivity contribution in [2.75, 3.05) is 13.1 Å². The van der Waals surface area contributed by atoms with Gasteiger partial charge in [-0.2, -0.15) is 17.4 Å². The molecule has 0 radical (unpaired) electrons. The second-order valence-corrected chi connectivity index (χ2v) is 9.01. The third-order valence-electron chi connectivity index (χ3n) is 4.68. The van der Waals surface area contributed by atoms with E-state index < -0.39 is 10.2 Å². The molecule has 1 aromatic carbocycles. The van der Waals surface area contributed by atoms with Crippen LogP contribution in [0.25, 0.3) is 0 Å². The molecular weight excluding hydrogens is 378 g/mol. The SMILES string of the molecule is Cc1ccc(Oc2cc(CNS(=O)(=O)N3C[C@H](C)O[C@@H](C)C3)ccn2)cc1C. The zero-order chi connectivity index (χ0) is 20.3. The molecule has 0 amide bonds. The third-order valence-corrected chi connectivity index (χ3v) is 6.17. The van der Waals surface area contributed by atoms with Crippen molar-refractivity contribution in [3.63, 3.8) is 0 Å². The van der Waals surface area contributed by atoms with Gasteiger partial charge in [-0.25, -0.2) is 4.98 Å². The number of nitrogens with one attached hydrogen (secondary N) is 1. The van der Waals surface area contributed by atoms with Crippen LogP contribution < -0.4 is 9.46 Å². The molecule has 0 saturated carbocycles. The van der Waals surface area contributed by atoms with Crippen LogP contribution in [0.3, 0.4) is 0 Å². The first kappa shape index (κ1) is 20.7. The molecule has 1 fully saturated rings. The fourth-order valence-corrected chi connectivity index (χ4v) is 4.45. The maximum atomic E-state index is 12.6. The third kappa shape index (κ3) is 5.29. The molecular formula is C20H27N3O4S. The van der Waals surface area contributed by atoms with Gasteiger partial charge >= 0.3 is 0 Å². The van der Waals surface area contributed by atoms with E-state index in [4.69, 9.17) is 9.47 Å². The van der Waals surface area contributed by atoms with Crippen LogP contribution in [0.4, 0.5) is 0 Å². The Kier molecular flexibility index (Phi) is 6.34. The highest BCUT2D eigenvalue weighted by Gasteiger charge is 2.30. The molecule has 2 aromatic rings. The Labute approximate surface area is 166 Å². The molecule has 0 unspecified atom stereocenters. The summed E-state index contributed by atoms with van der Waals surface area (Å²) in [7, 11) is -3.59. The minimum absolute atomic E-state index is 0.126. The summed E-state index contributed by atoms with van der Waals surface area (Å²) in [6.07, 6.45) is 1.36. The van der Waals surface area contributed by atoms with Gasteiger partial charge in [0.2, 0.25) is 5.88 Å². The van der Waals surface area contributed by atoms with Gasteiger partial charge in [0.1, 0.15) is 5.75 Å². The highest BCUT2D eigenvalue weighted by Crippen LogP contribution is 2.23. The minimum Gasteiger partial charge on any atom is -0.439 e. The molecule has 0 bridgehead atoms. The molecule has 0 aliphatic carbocycles. The molecule has 1 N–H and O–H groups in total. The van der Waals surface area contributed by atoms with Gasteiger partial charge in [0.05, 0.1) is 12.2 Å². The van der Waals surface area contributed by atoms with Crippen molar-refractivity contribution in [2.45, 2.75) is 46.4 Å². The number of nitrogens with zero attached hydrogens (tertiary/aromatic N) is 2. The van der Waals surface area contributed by atoms with E-state index >= 15 is 0 Å². The molecule has 1 aliphatic rings. The van der Waals surface area contributed by atoms with Crippen LogP contribution in [-0.2, 0) is 21.5 Å². The number of rotatable bonds is 6. The summed E-state index contributed by atoms with van der Waals surface area (Å²) >= 11 is 0. The van der Waals surface area contributed by atoms with Gasteiger partial charge in [-0.3, -0.25) is 0 Å². The number of hydrogen-bond acceptors (Lipinski definition) is 5. The van der Waals surface area contributed by atoms with E-state index in [2.05, 4.69) is 9.71 Å². The summed E-state index contributed by atoms with van der Waals surface area (Å²) in [5.41, 5.74) is 3.09. The normalized spacial score (nSPS) is 20.9. The highest BCUT2D eigenvalue weighted by molar-refractivity contribution is 7.87. The summed E-state index contributed by atoms with van der Waals surface area (Å²) in [6.45, 7) is 8.66. The van der Waals surface area contributed by atoms with Gasteiger partial charge in [-0.05, 0) is 62.6 Å². The summed E-state index contributed by atoms with van der Waals surface area (Å²) < 4.78 is 40.7. The van der Waals surface area contributed by atoms with Gasteiger partial charge in [-0.15, -0.1) is 0 Å². The lowest BCUT2D eigenvalue weighted by atomic mass is 10.1. The monoisotopic (exact) mass is 405 g/mol. The smallest absolute Gasteiger partial charge is 0.279 e. The van der Waals surface area contributed by atoms with Gasteiger partial charge in [0, 0.05) is 31.9 Å². The van der Waals surface area contributed by atoms with Crippen molar-refractivity contribution in [2.24, 2.45) is 0 Å². The van der Waals surface area contributed by atoms with Crippen molar-refractivity contribution >= 4 is 10.2 Å². The Morgan fingerprint density at radius 3 is 2.54 bits per heavy atom. The molecule has 7 nitrogen and oxygen atoms in total. The van der Waals surface area contributed by atoms with Gasteiger partial charge < -0.3 is 9.47 Å². The molecule has 2 heterocycles. The number of hydrogen-bond donors (Lipinski definition) is 1. The van der Waals surface area contributed by atoms with Crippen molar-refractivity contribution in [1.82, 2.24) is 14.0 Å². The van der Waals surface area contributed by atoms with Crippen LogP contribution in [0.1, 0.15) is 30.5 Å². The predicted octanol–water partition coefficient (Wildman–Crippen LogP) is 2.93. The molecule has 1 saturated heterocycles. The summed E-state index contributed by atoms with van der Waals surface area (Å²) in [5, 5.41) is 0. The van der Waals surface area contributed by atoms with E-state index in [9.17, 15) is 8.42 Å². The Balaban J connectivity index is 1.65. The van der Waals surface area contributed by atoms with E-state index in [0.717, 1.165) is 11.1 Å². The standard InChI is InChI=1S/C20H27N3O4S/c1-14-5-6-19(9-15(14)2)27-20-10-18(7-8-21-20)11-22-28(24,25)23-12-16(3)26-17(4)13-23/h5-10,16-17,22H,11-13H2,1-4H3/t16-,17-/m0/s1. The first-order chi connectivity index (χ1) is 13.2. The summed E-state index contributed by atoms with van der Waals surface area (Å²) in [5.74, 6) is 1.12. The van der Waals surface area contributed by atoms with Gasteiger partial charge in [-0.1, -0.05) is 6.07 Å². The van der Waals surface area contributed by atoms with Crippen LogP contribution in [0, 0.1) is 13.8 Å². The van der Waals surface area contributed by atoms with E-state index in [1.54, 1.807) is 18.3 Å². The number of ether oxygens (including phenoxy) is 2. The van der Waals surface area contributed by atoms with E-state index in [0.29, 0.717) is 24.7 Å². The summed E-state index contributed by atoms with van der Waals surface area (Å²) in [4.78, 5) is 4.21. The van der Waals surface area contributed by atoms with Crippen molar-refractivity contribution in [3.8, 4) is 11.6 Å². The maximum Gasteiger partial charge on any atom is 0.279 e. The van der Waals surface area contributed by atoms with Crippen LogP contribution in [0.15, 0.2) is 36.5 Å². The number of morpholine rings is 1. The number of aryl methyl sites for hydroxylation is 2. The number of aromatic nitrogens is 1. The Morgan fingerprint density at radius 2 is 1.86 bits per heavy atom. The molecule has 3 rings (SSSR count). The maximum absolute atomic E-state index is 12.6. The first-order valence-electron chi connectivity index (χ1n) is 9.33. The van der Waals surface area contributed by atoms with Crippen molar-refractivity contribution in [1.29, 1.82) is 0 Å². The summed E-state index contributed by atoms with van der Waals surface area (Å²) in [6, 6.07) is 9.34. The Hall–Kier alpha value is -2.00. The minimum atomic E-state index is -3.59. The van der Waals surface area contributed by atoms with Gasteiger partial charge in [0.25, 0.3) is 10.2 Å². The molecule has 1 aliphatic heterocycles. The molecule has 152 valence electrons. The fraction of sp³-hybridized carbons (Fsp3) is 0.450. The van der Waals surface area contributed by atoms with Crippen LogP contribution in [-0.4, -0.2) is 43.0 Å². The van der Waals surface area contributed by atoms with Gasteiger partial charge in [0.15, 0.2) is 0 Å². The predicted molar refractivity (Wildman–Crippen MR) is 108 cm³/mol. The lowest BCUT2D eigenvalue weighted by Gasteiger charge is -2.34. The van der Waals surface area contributed by atoms with Crippen LogP contribution in [0.5, 0.6) is 11.6 Å². The fourth-order valence-electron chi connectivity index (χ4n) is 3.11. The Morgan fingerprint density at radius 1 is 1.14 bits per heavy atom. The highest BCUT2D eigenvalue weighted by atomic mass is 32.2. The lowest BCUT2D eigenvalue weighted by molar-refractivity contribution is -0.0444. The zero-order valence-corrected chi connectivity index (χ0v) is 17.5.